The first-order valence-corrected chi connectivity index (χ1v) is 19.1. The average molecular weight is 706 g/mol. The molecule has 2 aromatic heterocycles. The molecule has 3 nitrogen and oxygen atoms in total. The summed E-state index contributed by atoms with van der Waals surface area (Å²) in [5, 5.41) is 4.90. The van der Waals surface area contributed by atoms with E-state index in [0.29, 0.717) is 17.5 Å². The van der Waals surface area contributed by atoms with Crippen LogP contribution in [0.25, 0.3) is 76.2 Å². The number of hydrogen-bond donors (Lipinski definition) is 0. The van der Waals surface area contributed by atoms with Gasteiger partial charge in [0.1, 0.15) is 0 Å². The van der Waals surface area contributed by atoms with E-state index < -0.39 is 5.41 Å². The molecule has 0 fully saturated rings. The molecule has 0 spiro atoms. The molecule has 2 heterocycles. The van der Waals surface area contributed by atoms with Crippen molar-refractivity contribution in [3.8, 4) is 45.3 Å². The average Bonchev–Trinajstić information content (AvgIpc) is 3.78. The largest absolute Gasteiger partial charge is 0.208 e. The quantitative estimate of drug-likeness (QED) is 0.179. The Morgan fingerprint density at radius 1 is 0.389 bits per heavy atom. The number of fused-ring (bicyclic) bond motifs is 8. The van der Waals surface area contributed by atoms with Crippen LogP contribution in [0.5, 0.6) is 0 Å². The SMILES string of the molecule is c1ccc(-c2nc(-c3ccccc3)nc(-c3cccc4sc5ccc(C6(c7ccccc7)c7ccccc7-c7c6ccc6ccccc76)cc5c34)n2)cc1. The summed E-state index contributed by atoms with van der Waals surface area (Å²) >= 11 is 1.82. The van der Waals surface area contributed by atoms with E-state index in [1.807, 2.05) is 47.7 Å². The zero-order valence-electron chi connectivity index (χ0n) is 29.1. The van der Waals surface area contributed by atoms with Gasteiger partial charge in [-0.25, -0.2) is 15.0 Å². The maximum absolute atomic E-state index is 5.17. The molecular formula is C50H31N3S. The lowest BCUT2D eigenvalue weighted by Crippen LogP contribution is -2.28. The van der Waals surface area contributed by atoms with Gasteiger partial charge in [-0.15, -0.1) is 11.3 Å². The van der Waals surface area contributed by atoms with Crippen molar-refractivity contribution in [1.29, 1.82) is 0 Å². The van der Waals surface area contributed by atoms with Gasteiger partial charge in [-0.3, -0.25) is 0 Å². The van der Waals surface area contributed by atoms with E-state index in [2.05, 4.69) is 152 Å². The van der Waals surface area contributed by atoms with Gasteiger partial charge in [-0.2, -0.15) is 0 Å². The molecule has 0 amide bonds. The Labute approximate surface area is 316 Å². The highest BCUT2D eigenvalue weighted by atomic mass is 32.1. The van der Waals surface area contributed by atoms with Crippen molar-refractivity contribution in [2.24, 2.45) is 0 Å². The van der Waals surface area contributed by atoms with E-state index in [1.54, 1.807) is 0 Å². The third kappa shape index (κ3) is 4.57. The van der Waals surface area contributed by atoms with Crippen LogP contribution in [0, 0.1) is 0 Å². The molecule has 0 saturated carbocycles. The van der Waals surface area contributed by atoms with Crippen molar-refractivity contribution < 1.29 is 0 Å². The molecule has 54 heavy (non-hydrogen) atoms. The first kappa shape index (κ1) is 30.8. The van der Waals surface area contributed by atoms with Crippen molar-refractivity contribution in [1.82, 2.24) is 15.0 Å². The first-order chi connectivity index (χ1) is 26.8. The number of nitrogens with zero attached hydrogens (tertiary/aromatic N) is 3. The van der Waals surface area contributed by atoms with Crippen molar-refractivity contribution in [2.75, 3.05) is 0 Å². The molecule has 8 aromatic carbocycles. The number of thiophene rings is 1. The fourth-order valence-corrected chi connectivity index (χ4v) is 9.81. The lowest BCUT2D eigenvalue weighted by atomic mass is 9.67. The van der Waals surface area contributed by atoms with E-state index in [9.17, 15) is 0 Å². The molecular weight excluding hydrogens is 675 g/mol. The van der Waals surface area contributed by atoms with E-state index in [0.717, 1.165) is 22.1 Å². The van der Waals surface area contributed by atoms with Crippen LogP contribution in [0.2, 0.25) is 0 Å². The van der Waals surface area contributed by atoms with E-state index >= 15 is 0 Å². The zero-order chi connectivity index (χ0) is 35.6. The first-order valence-electron chi connectivity index (χ1n) is 18.3. The maximum atomic E-state index is 5.17. The third-order valence-electron chi connectivity index (χ3n) is 11.0. The Bertz CT molecular complexity index is 2990. The summed E-state index contributed by atoms with van der Waals surface area (Å²) in [5.74, 6) is 1.98. The molecule has 0 bridgehead atoms. The Hall–Kier alpha value is -6.75. The molecule has 1 aliphatic rings. The van der Waals surface area contributed by atoms with Crippen molar-refractivity contribution in [3.63, 3.8) is 0 Å². The van der Waals surface area contributed by atoms with E-state index in [-0.39, 0.29) is 0 Å². The molecule has 4 heteroatoms. The number of hydrogen-bond acceptors (Lipinski definition) is 4. The lowest BCUT2D eigenvalue weighted by Gasteiger charge is -2.34. The van der Waals surface area contributed by atoms with Gasteiger partial charge in [-0.1, -0.05) is 170 Å². The molecule has 0 aliphatic heterocycles. The molecule has 1 atom stereocenters. The smallest absolute Gasteiger partial charge is 0.164 e. The molecule has 11 rings (SSSR count). The normalized spacial score (nSPS) is 14.7. The van der Waals surface area contributed by atoms with Crippen LogP contribution < -0.4 is 0 Å². The summed E-state index contributed by atoms with van der Waals surface area (Å²) in [6.45, 7) is 0. The minimum Gasteiger partial charge on any atom is -0.208 e. The molecule has 0 N–H and O–H groups in total. The van der Waals surface area contributed by atoms with Gasteiger partial charge in [0.25, 0.3) is 0 Å². The second kappa shape index (κ2) is 12.2. The maximum Gasteiger partial charge on any atom is 0.164 e. The fraction of sp³-hybridized carbons (Fsp3) is 0.0200. The summed E-state index contributed by atoms with van der Waals surface area (Å²) in [7, 11) is 0. The molecule has 10 aromatic rings. The molecule has 252 valence electrons. The minimum absolute atomic E-state index is 0.525. The van der Waals surface area contributed by atoms with E-state index in [4.69, 9.17) is 15.0 Å². The monoisotopic (exact) mass is 705 g/mol. The summed E-state index contributed by atoms with van der Waals surface area (Å²) in [5.41, 5.74) is 10.1. The number of rotatable bonds is 5. The van der Waals surface area contributed by atoms with Crippen LogP contribution in [-0.4, -0.2) is 15.0 Å². The Morgan fingerprint density at radius 2 is 1.02 bits per heavy atom. The highest BCUT2D eigenvalue weighted by molar-refractivity contribution is 7.25. The molecule has 0 saturated heterocycles. The predicted molar refractivity (Wildman–Crippen MR) is 224 cm³/mol. The van der Waals surface area contributed by atoms with Crippen molar-refractivity contribution in [3.05, 3.63) is 210 Å². The van der Waals surface area contributed by atoms with Crippen LogP contribution in [-0.2, 0) is 5.41 Å². The Balaban J connectivity index is 1.21. The molecule has 0 radical (unpaired) electrons. The number of aromatic nitrogens is 3. The van der Waals surface area contributed by atoms with Crippen molar-refractivity contribution in [2.45, 2.75) is 5.41 Å². The van der Waals surface area contributed by atoms with Crippen LogP contribution in [0.15, 0.2) is 188 Å². The Kier molecular flexibility index (Phi) is 6.94. The minimum atomic E-state index is -0.525. The van der Waals surface area contributed by atoms with Crippen LogP contribution in [0.1, 0.15) is 22.3 Å². The second-order valence-corrected chi connectivity index (χ2v) is 15.0. The third-order valence-corrected chi connectivity index (χ3v) is 12.1. The fourth-order valence-electron chi connectivity index (χ4n) is 8.70. The molecule has 1 aliphatic carbocycles. The van der Waals surface area contributed by atoms with Crippen LogP contribution in [0.4, 0.5) is 0 Å². The second-order valence-electron chi connectivity index (χ2n) is 13.9. The Morgan fingerprint density at radius 3 is 1.78 bits per heavy atom. The topological polar surface area (TPSA) is 38.7 Å². The highest BCUT2D eigenvalue weighted by Crippen LogP contribution is 2.58. The predicted octanol–water partition coefficient (Wildman–Crippen LogP) is 12.8. The van der Waals surface area contributed by atoms with Gasteiger partial charge >= 0.3 is 0 Å². The lowest BCUT2D eigenvalue weighted by molar-refractivity contribution is 0.770. The highest BCUT2D eigenvalue weighted by Gasteiger charge is 2.46. The van der Waals surface area contributed by atoms with Gasteiger partial charge in [-0.05, 0) is 62.4 Å². The van der Waals surface area contributed by atoms with Gasteiger partial charge in [0.2, 0.25) is 0 Å². The summed E-state index contributed by atoms with van der Waals surface area (Å²) in [4.78, 5) is 15.3. The van der Waals surface area contributed by atoms with Gasteiger partial charge in [0, 0.05) is 36.9 Å². The zero-order valence-corrected chi connectivity index (χ0v) is 30.0. The van der Waals surface area contributed by atoms with Crippen LogP contribution >= 0.6 is 11.3 Å². The van der Waals surface area contributed by atoms with Crippen molar-refractivity contribution >= 4 is 42.3 Å². The van der Waals surface area contributed by atoms with Gasteiger partial charge < -0.3 is 0 Å². The van der Waals surface area contributed by atoms with E-state index in [1.165, 1.54) is 58.9 Å². The summed E-state index contributed by atoms with van der Waals surface area (Å²) < 4.78 is 2.43. The van der Waals surface area contributed by atoms with Crippen LogP contribution in [0.3, 0.4) is 0 Å². The number of benzene rings is 8. The molecule has 1 unspecified atom stereocenters. The van der Waals surface area contributed by atoms with Gasteiger partial charge in [0.15, 0.2) is 17.5 Å². The van der Waals surface area contributed by atoms with Gasteiger partial charge in [0.05, 0.1) is 5.41 Å². The standard InChI is InChI=1S/C50H31N3S/c1-4-16-33(17-5-1)47-51-48(34-18-6-2-7-19-34)53-49(52-47)39-24-14-26-44-46(39)40-31-36(28-30-43(40)54-44)50(35-20-8-3-9-21-35)41-25-13-12-23-38(41)45-37-22-11-10-15-32(37)27-29-42(45)50/h1-31H. The summed E-state index contributed by atoms with van der Waals surface area (Å²) in [6, 6.07) is 67.5. The summed E-state index contributed by atoms with van der Waals surface area (Å²) in [6.07, 6.45) is 0.